The summed E-state index contributed by atoms with van der Waals surface area (Å²) in [7, 11) is 0. The molecule has 0 aliphatic carbocycles. The van der Waals surface area contributed by atoms with Crippen LogP contribution in [0.1, 0.15) is 25.3 Å². The van der Waals surface area contributed by atoms with Gasteiger partial charge in [0.1, 0.15) is 29.9 Å². The van der Waals surface area contributed by atoms with Crippen LogP contribution in [-0.4, -0.2) is 93.5 Å². The number of aromatic hydroxyl groups is 1. The van der Waals surface area contributed by atoms with Crippen LogP contribution in [0, 0.1) is 0 Å². The summed E-state index contributed by atoms with van der Waals surface area (Å²) in [5.74, 6) is -4.20. The van der Waals surface area contributed by atoms with E-state index in [0.717, 1.165) is 0 Å². The highest BCUT2D eigenvalue weighted by molar-refractivity contribution is 5.94. The maximum absolute atomic E-state index is 13.1. The number of nitrogens with zero attached hydrogens (tertiary/aromatic N) is 1. The Labute approximate surface area is 213 Å². The highest BCUT2D eigenvalue weighted by atomic mass is 16.4. The van der Waals surface area contributed by atoms with Crippen LogP contribution in [-0.2, 0) is 25.6 Å². The predicted molar refractivity (Wildman–Crippen MR) is 132 cm³/mol. The number of phenols is 1. The second kappa shape index (κ2) is 15.2. The third kappa shape index (κ3) is 11.1. The fourth-order valence-corrected chi connectivity index (χ4v) is 3.07. The second-order valence-corrected chi connectivity index (χ2v) is 8.29. The lowest BCUT2D eigenvalue weighted by atomic mass is 10.0. The van der Waals surface area contributed by atoms with E-state index in [-0.39, 0.29) is 37.5 Å². The minimum atomic E-state index is -1.62. The number of phenolic OH excluding ortho intramolecular Hbond substituents is 1. The van der Waals surface area contributed by atoms with Crippen molar-refractivity contribution in [1.29, 1.82) is 0 Å². The van der Waals surface area contributed by atoms with Crippen LogP contribution in [0.15, 0.2) is 29.3 Å². The van der Waals surface area contributed by atoms with Gasteiger partial charge in [-0.3, -0.25) is 19.4 Å². The molecule has 0 saturated carbocycles. The molecule has 15 heteroatoms. The van der Waals surface area contributed by atoms with Crippen LogP contribution in [0.2, 0.25) is 0 Å². The molecule has 37 heavy (non-hydrogen) atoms. The zero-order chi connectivity index (χ0) is 28.1. The number of hydrogen-bond acceptors (Lipinski definition) is 9. The van der Waals surface area contributed by atoms with Crippen LogP contribution in [0.25, 0.3) is 0 Å². The van der Waals surface area contributed by atoms with Gasteiger partial charge in [0.25, 0.3) is 0 Å². The molecule has 1 rings (SSSR count). The Morgan fingerprint density at radius 1 is 0.946 bits per heavy atom. The summed E-state index contributed by atoms with van der Waals surface area (Å²) >= 11 is 0. The van der Waals surface area contributed by atoms with Gasteiger partial charge in [0.05, 0.1) is 12.7 Å². The van der Waals surface area contributed by atoms with E-state index in [1.165, 1.54) is 31.2 Å². The number of carboxylic acids is 1. The van der Waals surface area contributed by atoms with E-state index >= 15 is 0 Å². The molecule has 0 aliphatic heterocycles. The van der Waals surface area contributed by atoms with Gasteiger partial charge in [-0.2, -0.15) is 0 Å². The van der Waals surface area contributed by atoms with Crippen molar-refractivity contribution in [2.75, 3.05) is 13.2 Å². The second-order valence-electron chi connectivity index (χ2n) is 8.29. The number of hydrogen-bond donors (Lipinski definition) is 10. The lowest BCUT2D eigenvalue weighted by molar-refractivity contribution is -0.143. The van der Waals surface area contributed by atoms with Gasteiger partial charge in [0.15, 0.2) is 5.96 Å². The summed E-state index contributed by atoms with van der Waals surface area (Å²) in [5, 5.41) is 44.6. The van der Waals surface area contributed by atoms with Gasteiger partial charge in [-0.25, -0.2) is 4.79 Å². The van der Waals surface area contributed by atoms with Gasteiger partial charge in [0, 0.05) is 13.0 Å². The topological polar surface area (TPSA) is 276 Å². The molecule has 206 valence electrons. The number of nitrogens with one attached hydrogen (secondary N) is 3. The molecule has 0 bridgehead atoms. The predicted octanol–water partition coefficient (Wildman–Crippen LogP) is -3.77. The number of aliphatic hydroxyl groups excluding tert-OH is 2. The van der Waals surface area contributed by atoms with E-state index in [1.54, 1.807) is 0 Å². The Balaban J connectivity index is 3.15. The standard InChI is InChI=1S/C22H35N7O8/c1-11(31)17(23)20(35)27-14(3-2-8-26-22(24)25)18(33)28-15(9-12-4-6-13(32)7-5-12)19(34)29-16(10-30)21(36)37/h4-7,11,14-17,30-32H,2-3,8-10,23H2,1H3,(H,27,35)(H,28,33)(H,29,34)(H,36,37)(H4,24,25,26). The van der Waals surface area contributed by atoms with Gasteiger partial charge < -0.3 is 53.6 Å². The van der Waals surface area contributed by atoms with E-state index in [9.17, 15) is 34.5 Å². The van der Waals surface area contributed by atoms with Crippen molar-refractivity contribution in [1.82, 2.24) is 16.0 Å². The van der Waals surface area contributed by atoms with Crippen molar-refractivity contribution in [2.24, 2.45) is 22.2 Å². The van der Waals surface area contributed by atoms with Crippen molar-refractivity contribution in [2.45, 2.75) is 56.5 Å². The summed E-state index contributed by atoms with van der Waals surface area (Å²) in [6.45, 7) is 0.552. The molecule has 0 radical (unpaired) electrons. The smallest absolute Gasteiger partial charge is 0.328 e. The van der Waals surface area contributed by atoms with Gasteiger partial charge in [-0.1, -0.05) is 12.1 Å². The lowest BCUT2D eigenvalue weighted by Gasteiger charge is -2.25. The van der Waals surface area contributed by atoms with E-state index < -0.39 is 60.6 Å². The normalized spacial score (nSPS) is 14.8. The number of carbonyl (C=O) groups is 4. The van der Waals surface area contributed by atoms with Crippen LogP contribution in [0.4, 0.5) is 0 Å². The Kier molecular flexibility index (Phi) is 12.8. The first-order chi connectivity index (χ1) is 17.3. The molecule has 1 aromatic carbocycles. The average Bonchev–Trinajstić information content (AvgIpc) is 2.83. The van der Waals surface area contributed by atoms with Gasteiger partial charge in [-0.05, 0) is 37.5 Å². The van der Waals surface area contributed by atoms with Crippen molar-refractivity contribution in [3.05, 3.63) is 29.8 Å². The summed E-state index contributed by atoms with van der Waals surface area (Å²) in [6, 6.07) is 0.240. The summed E-state index contributed by atoms with van der Waals surface area (Å²) < 4.78 is 0. The van der Waals surface area contributed by atoms with E-state index in [0.29, 0.717) is 5.56 Å². The number of aliphatic imine (C=N–C) groups is 1. The number of carboxylic acid groups (broad SMARTS) is 1. The highest BCUT2D eigenvalue weighted by Gasteiger charge is 2.31. The molecular weight excluding hydrogens is 490 g/mol. The Morgan fingerprint density at radius 2 is 1.49 bits per heavy atom. The fraction of sp³-hybridized carbons (Fsp3) is 0.500. The molecule has 0 aromatic heterocycles. The molecule has 0 aliphatic rings. The zero-order valence-corrected chi connectivity index (χ0v) is 20.3. The Bertz CT molecular complexity index is 951. The van der Waals surface area contributed by atoms with Crippen LogP contribution >= 0.6 is 0 Å². The molecule has 0 fully saturated rings. The Hall–Kier alpha value is -3.95. The molecule has 0 saturated heterocycles. The van der Waals surface area contributed by atoms with E-state index in [2.05, 4.69) is 20.9 Å². The SMILES string of the molecule is CC(O)C(N)C(=O)NC(CCCN=C(N)N)C(=O)NC(Cc1ccc(O)cc1)C(=O)NC(CO)C(=O)O. The van der Waals surface area contributed by atoms with Crippen LogP contribution in [0.3, 0.4) is 0 Å². The number of aliphatic carboxylic acids is 1. The molecule has 13 N–H and O–H groups in total. The fourth-order valence-electron chi connectivity index (χ4n) is 3.07. The molecule has 1 aromatic rings. The highest BCUT2D eigenvalue weighted by Crippen LogP contribution is 2.12. The maximum Gasteiger partial charge on any atom is 0.328 e. The molecule has 5 atom stereocenters. The number of carbonyl (C=O) groups excluding carboxylic acids is 3. The summed E-state index contributed by atoms with van der Waals surface area (Å²) in [6.07, 6.45) is -1.04. The number of nitrogens with two attached hydrogens (primary N) is 3. The Morgan fingerprint density at radius 3 is 2.00 bits per heavy atom. The number of benzene rings is 1. The minimum Gasteiger partial charge on any atom is -0.508 e. The summed E-state index contributed by atoms with van der Waals surface area (Å²) in [4.78, 5) is 53.5. The van der Waals surface area contributed by atoms with E-state index in [1.807, 2.05) is 0 Å². The van der Waals surface area contributed by atoms with Gasteiger partial charge >= 0.3 is 5.97 Å². The summed E-state index contributed by atoms with van der Waals surface area (Å²) in [5.41, 5.74) is 16.7. The molecule has 0 heterocycles. The number of rotatable bonds is 15. The zero-order valence-electron chi connectivity index (χ0n) is 20.3. The van der Waals surface area contributed by atoms with Crippen molar-refractivity contribution < 1.29 is 39.6 Å². The quantitative estimate of drug-likeness (QED) is 0.0602. The number of aliphatic hydroxyl groups is 2. The molecular formula is C22H35N7O8. The third-order valence-electron chi connectivity index (χ3n) is 5.21. The number of guanidine groups is 1. The monoisotopic (exact) mass is 525 g/mol. The third-order valence-corrected chi connectivity index (χ3v) is 5.21. The van der Waals surface area contributed by atoms with Crippen LogP contribution < -0.4 is 33.2 Å². The largest absolute Gasteiger partial charge is 0.508 e. The van der Waals surface area contributed by atoms with E-state index in [4.69, 9.17) is 22.3 Å². The first kappa shape index (κ1) is 31.1. The molecule has 0 spiro atoms. The van der Waals surface area contributed by atoms with Gasteiger partial charge in [0.2, 0.25) is 17.7 Å². The first-order valence-corrected chi connectivity index (χ1v) is 11.4. The van der Waals surface area contributed by atoms with Crippen molar-refractivity contribution in [3.63, 3.8) is 0 Å². The first-order valence-electron chi connectivity index (χ1n) is 11.4. The average molecular weight is 526 g/mol. The van der Waals surface area contributed by atoms with Crippen molar-refractivity contribution >= 4 is 29.7 Å². The minimum absolute atomic E-state index is 0.0296. The molecule has 5 unspecified atom stereocenters. The van der Waals surface area contributed by atoms with Gasteiger partial charge in [-0.15, -0.1) is 0 Å². The lowest BCUT2D eigenvalue weighted by Crippen LogP contribution is -2.58. The molecule has 15 nitrogen and oxygen atoms in total. The van der Waals surface area contributed by atoms with Crippen LogP contribution in [0.5, 0.6) is 5.75 Å². The molecule has 3 amide bonds. The maximum atomic E-state index is 13.1. The number of amides is 3. The van der Waals surface area contributed by atoms with Crippen molar-refractivity contribution in [3.8, 4) is 5.75 Å².